The van der Waals surface area contributed by atoms with E-state index in [0.717, 1.165) is 16.8 Å². The third-order valence-electron chi connectivity index (χ3n) is 6.90. The number of carbonyl (C=O) groups is 2. The van der Waals surface area contributed by atoms with E-state index in [9.17, 15) is 18.0 Å². The second-order valence-corrected chi connectivity index (χ2v) is 11.3. The second kappa shape index (κ2) is 9.16. The van der Waals surface area contributed by atoms with Gasteiger partial charge in [-0.05, 0) is 67.6 Å². The maximum absolute atomic E-state index is 13.4. The summed E-state index contributed by atoms with van der Waals surface area (Å²) in [6, 6.07) is 10.5. The first-order chi connectivity index (χ1) is 16.7. The van der Waals surface area contributed by atoms with Gasteiger partial charge in [-0.3, -0.25) is 9.59 Å². The van der Waals surface area contributed by atoms with Crippen LogP contribution in [0.5, 0.6) is 11.5 Å². The van der Waals surface area contributed by atoms with E-state index in [-0.39, 0.29) is 36.1 Å². The van der Waals surface area contributed by atoms with Crippen LogP contribution in [-0.4, -0.2) is 50.5 Å². The molecule has 9 nitrogen and oxygen atoms in total. The number of hydrogen-bond acceptors (Lipinski definition) is 6. The van der Waals surface area contributed by atoms with Crippen LogP contribution in [0.4, 0.5) is 5.69 Å². The Bertz CT molecular complexity index is 1280. The largest absolute Gasteiger partial charge is 0.454 e. The average Bonchev–Trinajstić information content (AvgIpc) is 3.44. The Morgan fingerprint density at radius 3 is 2.71 bits per heavy atom. The molecule has 3 aliphatic rings. The van der Waals surface area contributed by atoms with Gasteiger partial charge in [0.05, 0.1) is 10.8 Å². The van der Waals surface area contributed by atoms with E-state index in [0.29, 0.717) is 43.9 Å². The van der Waals surface area contributed by atoms with Crippen molar-refractivity contribution in [3.8, 4) is 11.5 Å². The standard InChI is InChI=1S/C25H29N3O6S/c1-16-10-20-12-21(6-7-22(20)28(16)17(2)29)35(31,32)27-9-3-4-19(14-27)25(30)26-13-18-5-8-23-24(11-18)34-15-33-23/h5-8,11-12,16,19H,3-4,9-10,13-15H2,1-2H3,(H,26,30). The highest BCUT2D eigenvalue weighted by Crippen LogP contribution is 2.35. The zero-order chi connectivity index (χ0) is 24.7. The van der Waals surface area contributed by atoms with Crippen LogP contribution in [-0.2, 0) is 32.6 Å². The van der Waals surface area contributed by atoms with Crippen molar-refractivity contribution >= 4 is 27.5 Å². The molecule has 0 aromatic heterocycles. The van der Waals surface area contributed by atoms with E-state index < -0.39 is 15.9 Å². The summed E-state index contributed by atoms with van der Waals surface area (Å²) in [6.45, 7) is 4.50. The molecule has 1 saturated heterocycles. The highest BCUT2D eigenvalue weighted by atomic mass is 32.2. The molecule has 2 atom stereocenters. The summed E-state index contributed by atoms with van der Waals surface area (Å²) in [5.74, 6) is 0.695. The van der Waals surface area contributed by atoms with Gasteiger partial charge in [0.25, 0.3) is 0 Å². The molecular formula is C25H29N3O6S. The fourth-order valence-corrected chi connectivity index (χ4v) is 6.73. The van der Waals surface area contributed by atoms with Crippen molar-refractivity contribution in [3.63, 3.8) is 0 Å². The van der Waals surface area contributed by atoms with Crippen molar-refractivity contribution in [2.75, 3.05) is 24.8 Å². The monoisotopic (exact) mass is 499 g/mol. The van der Waals surface area contributed by atoms with Gasteiger partial charge < -0.3 is 19.7 Å². The molecule has 2 amide bonds. The van der Waals surface area contributed by atoms with Crippen molar-refractivity contribution in [2.24, 2.45) is 5.92 Å². The second-order valence-electron chi connectivity index (χ2n) is 9.34. The lowest BCUT2D eigenvalue weighted by Crippen LogP contribution is -2.45. The first-order valence-corrected chi connectivity index (χ1v) is 13.3. The maximum atomic E-state index is 13.4. The minimum absolute atomic E-state index is 0.00622. The summed E-state index contributed by atoms with van der Waals surface area (Å²) in [4.78, 5) is 26.8. The number of ether oxygens (including phenoxy) is 2. The average molecular weight is 500 g/mol. The van der Waals surface area contributed by atoms with Crippen LogP contribution in [0.1, 0.15) is 37.8 Å². The van der Waals surface area contributed by atoms with Crippen LogP contribution in [0.3, 0.4) is 0 Å². The first-order valence-electron chi connectivity index (χ1n) is 11.8. The Labute approximate surface area is 205 Å². The molecular weight excluding hydrogens is 470 g/mol. The number of fused-ring (bicyclic) bond motifs is 2. The molecule has 186 valence electrons. The van der Waals surface area contributed by atoms with Crippen molar-refractivity contribution in [3.05, 3.63) is 47.5 Å². The summed E-state index contributed by atoms with van der Waals surface area (Å²) in [5.41, 5.74) is 2.50. The number of rotatable bonds is 5. The highest BCUT2D eigenvalue weighted by molar-refractivity contribution is 7.89. The van der Waals surface area contributed by atoms with Gasteiger partial charge in [-0.2, -0.15) is 4.31 Å². The number of nitrogens with one attached hydrogen (secondary N) is 1. The van der Waals surface area contributed by atoms with Crippen molar-refractivity contribution in [2.45, 2.75) is 50.6 Å². The molecule has 0 radical (unpaired) electrons. The Hall–Kier alpha value is -3.11. The van der Waals surface area contributed by atoms with Crippen molar-refractivity contribution < 1.29 is 27.5 Å². The lowest BCUT2D eigenvalue weighted by Gasteiger charge is -2.31. The Morgan fingerprint density at radius 2 is 1.91 bits per heavy atom. The number of benzene rings is 2. The number of piperidine rings is 1. The van der Waals surface area contributed by atoms with E-state index in [1.807, 2.05) is 25.1 Å². The van der Waals surface area contributed by atoms with Gasteiger partial charge in [0.15, 0.2) is 11.5 Å². The lowest BCUT2D eigenvalue weighted by atomic mass is 9.98. The predicted octanol–water partition coefficient (Wildman–Crippen LogP) is 2.43. The van der Waals surface area contributed by atoms with Gasteiger partial charge in [-0.15, -0.1) is 0 Å². The molecule has 1 fully saturated rings. The summed E-state index contributed by atoms with van der Waals surface area (Å²) < 4.78 is 39.0. The van der Waals surface area contributed by atoms with Crippen LogP contribution in [0.15, 0.2) is 41.3 Å². The number of anilines is 1. The molecule has 0 aliphatic carbocycles. The number of carbonyl (C=O) groups excluding carboxylic acids is 2. The molecule has 3 aliphatic heterocycles. The molecule has 2 unspecified atom stereocenters. The van der Waals surface area contributed by atoms with E-state index in [1.165, 1.54) is 11.2 Å². The van der Waals surface area contributed by atoms with Crippen LogP contribution in [0.25, 0.3) is 0 Å². The number of nitrogens with zero attached hydrogens (tertiary/aromatic N) is 2. The minimum Gasteiger partial charge on any atom is -0.454 e. The van der Waals surface area contributed by atoms with E-state index in [2.05, 4.69) is 5.32 Å². The zero-order valence-electron chi connectivity index (χ0n) is 19.8. The Kier molecular flexibility index (Phi) is 6.18. The predicted molar refractivity (Wildman–Crippen MR) is 129 cm³/mol. The molecule has 2 aromatic rings. The van der Waals surface area contributed by atoms with Gasteiger partial charge in [0.1, 0.15) is 0 Å². The fourth-order valence-electron chi connectivity index (χ4n) is 5.16. The third-order valence-corrected chi connectivity index (χ3v) is 8.76. The first kappa shape index (κ1) is 23.6. The van der Waals surface area contributed by atoms with Gasteiger partial charge in [0, 0.05) is 38.3 Å². The molecule has 0 bridgehead atoms. The molecule has 1 N–H and O–H groups in total. The zero-order valence-corrected chi connectivity index (χ0v) is 20.6. The molecule has 35 heavy (non-hydrogen) atoms. The summed E-state index contributed by atoms with van der Waals surface area (Å²) in [6.07, 6.45) is 1.86. The number of amides is 2. The minimum atomic E-state index is -3.76. The number of sulfonamides is 1. The van der Waals surface area contributed by atoms with Gasteiger partial charge in [-0.25, -0.2) is 8.42 Å². The normalized spacial score (nSPS) is 21.6. The lowest BCUT2D eigenvalue weighted by molar-refractivity contribution is -0.126. The molecule has 5 rings (SSSR count). The molecule has 0 spiro atoms. The Morgan fingerprint density at radius 1 is 1.11 bits per heavy atom. The third kappa shape index (κ3) is 4.48. The number of hydrogen-bond donors (Lipinski definition) is 1. The van der Waals surface area contributed by atoms with E-state index in [4.69, 9.17) is 9.47 Å². The molecule has 0 saturated carbocycles. The van der Waals surface area contributed by atoms with Crippen LogP contribution >= 0.6 is 0 Å². The van der Waals surface area contributed by atoms with Crippen LogP contribution in [0, 0.1) is 5.92 Å². The van der Waals surface area contributed by atoms with Gasteiger partial charge in [-0.1, -0.05) is 6.07 Å². The van der Waals surface area contributed by atoms with Crippen molar-refractivity contribution in [1.29, 1.82) is 0 Å². The fraction of sp³-hybridized carbons (Fsp3) is 0.440. The van der Waals surface area contributed by atoms with Crippen LogP contribution < -0.4 is 19.7 Å². The summed E-state index contributed by atoms with van der Waals surface area (Å²) in [7, 11) is -3.76. The highest BCUT2D eigenvalue weighted by Gasteiger charge is 2.35. The van der Waals surface area contributed by atoms with Gasteiger partial charge in [0.2, 0.25) is 28.6 Å². The van der Waals surface area contributed by atoms with E-state index >= 15 is 0 Å². The van der Waals surface area contributed by atoms with E-state index in [1.54, 1.807) is 23.1 Å². The van der Waals surface area contributed by atoms with Crippen LogP contribution in [0.2, 0.25) is 0 Å². The summed E-state index contributed by atoms with van der Waals surface area (Å²) in [5, 5.41) is 2.93. The maximum Gasteiger partial charge on any atom is 0.243 e. The molecule has 3 heterocycles. The quantitative estimate of drug-likeness (QED) is 0.678. The smallest absolute Gasteiger partial charge is 0.243 e. The summed E-state index contributed by atoms with van der Waals surface area (Å²) >= 11 is 0. The van der Waals surface area contributed by atoms with Crippen molar-refractivity contribution in [1.82, 2.24) is 9.62 Å². The van der Waals surface area contributed by atoms with Gasteiger partial charge >= 0.3 is 0 Å². The molecule has 10 heteroatoms. The molecule has 2 aromatic carbocycles. The SMILES string of the molecule is CC(=O)N1c2ccc(S(=O)(=O)N3CCCC(C(=O)NCc4ccc5c(c4)OCO5)C3)cc2CC1C. The topological polar surface area (TPSA) is 105 Å². The Balaban J connectivity index is 1.25.